The highest BCUT2D eigenvalue weighted by Gasteiger charge is 2.40. The Kier molecular flexibility index (Phi) is 4.65. The molecule has 2 heterocycles. The first-order valence-corrected chi connectivity index (χ1v) is 11.0. The number of aryl methyl sites for hydroxylation is 1. The fourth-order valence-corrected chi connectivity index (χ4v) is 4.85. The second kappa shape index (κ2) is 6.91. The quantitative estimate of drug-likeness (QED) is 0.640. The number of fused-ring (bicyclic) bond motifs is 1. The van der Waals surface area contributed by atoms with Gasteiger partial charge in [-0.2, -0.15) is 17.9 Å². The number of hydrogen-bond donors (Lipinski definition) is 0. The van der Waals surface area contributed by atoms with Crippen LogP contribution in [0.4, 0.5) is 0 Å². The molecule has 1 aromatic heterocycles. The molecule has 1 unspecified atom stereocenters. The molecule has 0 bridgehead atoms. The summed E-state index contributed by atoms with van der Waals surface area (Å²) in [5, 5.41) is 4.59. The molecule has 0 fully saturated rings. The van der Waals surface area contributed by atoms with Crippen molar-refractivity contribution in [1.82, 2.24) is 14.4 Å². The van der Waals surface area contributed by atoms with Gasteiger partial charge in [-0.3, -0.25) is 9.97 Å². The molecule has 1 aliphatic heterocycles. The van der Waals surface area contributed by atoms with Crippen molar-refractivity contribution in [2.45, 2.75) is 45.1 Å². The minimum atomic E-state index is -3.79. The number of benzene rings is 2. The zero-order chi connectivity index (χ0) is 20.8. The number of hydrogen-bond acceptors (Lipinski definition) is 5. The zero-order valence-corrected chi connectivity index (χ0v) is 17.8. The van der Waals surface area contributed by atoms with Gasteiger partial charge in [0.05, 0.1) is 22.0 Å². The Morgan fingerprint density at radius 1 is 0.966 bits per heavy atom. The fraction of sp³-hybridized carbons (Fsp3) is 0.318. The monoisotopic (exact) mass is 408 g/mol. The van der Waals surface area contributed by atoms with Crippen molar-refractivity contribution in [1.29, 1.82) is 0 Å². The van der Waals surface area contributed by atoms with Crippen molar-refractivity contribution in [2.24, 2.45) is 10.5 Å². The van der Waals surface area contributed by atoms with Gasteiger partial charge in [0.25, 0.3) is 10.0 Å². The lowest BCUT2D eigenvalue weighted by atomic mass is 9.86. The predicted molar refractivity (Wildman–Crippen MR) is 114 cm³/mol. The van der Waals surface area contributed by atoms with Crippen molar-refractivity contribution in [3.05, 3.63) is 66.0 Å². The minimum Gasteiger partial charge on any atom is -0.253 e. The second-order valence-electron chi connectivity index (χ2n) is 8.41. The summed E-state index contributed by atoms with van der Waals surface area (Å²) in [7, 11) is -3.79. The maximum atomic E-state index is 13.5. The van der Waals surface area contributed by atoms with Crippen LogP contribution in [0.15, 0.2) is 64.9 Å². The molecule has 29 heavy (non-hydrogen) atoms. The van der Waals surface area contributed by atoms with Gasteiger partial charge in [-0.1, -0.05) is 44.5 Å². The highest BCUT2D eigenvalue weighted by atomic mass is 32.2. The molecule has 4 rings (SSSR count). The van der Waals surface area contributed by atoms with E-state index in [1.165, 1.54) is 4.41 Å². The molecule has 0 aliphatic carbocycles. The maximum absolute atomic E-state index is 13.5. The molecule has 2 aromatic carbocycles. The molecule has 7 heteroatoms. The Labute approximate surface area is 171 Å². The van der Waals surface area contributed by atoms with Gasteiger partial charge in [0.2, 0.25) is 0 Å². The molecule has 0 spiro atoms. The van der Waals surface area contributed by atoms with E-state index in [9.17, 15) is 8.42 Å². The van der Waals surface area contributed by atoms with Gasteiger partial charge in [-0.25, -0.2) is 0 Å². The van der Waals surface area contributed by atoms with Crippen molar-refractivity contribution >= 4 is 26.8 Å². The largest absolute Gasteiger partial charge is 0.279 e. The van der Waals surface area contributed by atoms with E-state index in [1.807, 2.05) is 25.1 Å². The molecule has 0 saturated heterocycles. The summed E-state index contributed by atoms with van der Waals surface area (Å²) in [6.45, 7) is 8.09. The van der Waals surface area contributed by atoms with Gasteiger partial charge in [-0.15, -0.1) is 0 Å². The third-order valence-corrected chi connectivity index (χ3v) is 6.88. The first-order valence-electron chi connectivity index (χ1n) is 9.56. The predicted octanol–water partition coefficient (Wildman–Crippen LogP) is 4.48. The van der Waals surface area contributed by atoms with Gasteiger partial charge in [0, 0.05) is 29.9 Å². The number of hydrazone groups is 1. The summed E-state index contributed by atoms with van der Waals surface area (Å²) in [5.41, 5.74) is 4.01. The van der Waals surface area contributed by atoms with Crippen LogP contribution in [-0.2, 0) is 10.0 Å². The average molecular weight is 409 g/mol. The smallest absolute Gasteiger partial charge is 0.253 e. The summed E-state index contributed by atoms with van der Waals surface area (Å²) in [6.07, 6.45) is 3.82. The summed E-state index contributed by atoms with van der Waals surface area (Å²) in [4.78, 5) is 8.92. The molecule has 0 amide bonds. The third kappa shape index (κ3) is 3.62. The zero-order valence-electron chi connectivity index (χ0n) is 17.0. The van der Waals surface area contributed by atoms with Crippen LogP contribution < -0.4 is 0 Å². The summed E-state index contributed by atoms with van der Waals surface area (Å²) < 4.78 is 28.2. The minimum absolute atomic E-state index is 0.230. The van der Waals surface area contributed by atoms with Crippen molar-refractivity contribution in [2.75, 3.05) is 0 Å². The Morgan fingerprint density at radius 3 is 2.28 bits per heavy atom. The normalized spacial score (nSPS) is 17.6. The molecule has 1 aliphatic rings. The molecular weight excluding hydrogens is 384 g/mol. The summed E-state index contributed by atoms with van der Waals surface area (Å²) >= 11 is 0. The summed E-state index contributed by atoms with van der Waals surface area (Å²) in [5.74, 6) is 0. The third-order valence-electron chi connectivity index (χ3n) is 5.18. The Bertz CT molecular complexity index is 1200. The van der Waals surface area contributed by atoms with Crippen LogP contribution in [0.5, 0.6) is 0 Å². The Morgan fingerprint density at radius 2 is 1.62 bits per heavy atom. The average Bonchev–Trinajstić information content (AvgIpc) is 3.15. The lowest BCUT2D eigenvalue weighted by Gasteiger charge is -2.23. The molecule has 0 radical (unpaired) electrons. The second-order valence-corrected chi connectivity index (χ2v) is 10.2. The van der Waals surface area contributed by atoms with E-state index < -0.39 is 16.1 Å². The number of nitrogens with zero attached hydrogens (tertiary/aromatic N) is 4. The molecule has 3 aromatic rings. The van der Waals surface area contributed by atoms with Crippen LogP contribution in [0.2, 0.25) is 0 Å². The van der Waals surface area contributed by atoms with Gasteiger partial charge < -0.3 is 0 Å². The van der Waals surface area contributed by atoms with Gasteiger partial charge in [-0.05, 0) is 36.8 Å². The van der Waals surface area contributed by atoms with Crippen LogP contribution in [0.25, 0.3) is 11.0 Å². The van der Waals surface area contributed by atoms with E-state index >= 15 is 0 Å². The van der Waals surface area contributed by atoms with Crippen LogP contribution in [0.3, 0.4) is 0 Å². The van der Waals surface area contributed by atoms with E-state index in [2.05, 4.69) is 35.8 Å². The van der Waals surface area contributed by atoms with Crippen LogP contribution in [0, 0.1) is 12.3 Å². The molecule has 0 N–H and O–H groups in total. The topological polar surface area (TPSA) is 75.5 Å². The number of sulfonamides is 1. The first-order chi connectivity index (χ1) is 13.7. The highest BCUT2D eigenvalue weighted by Crippen LogP contribution is 2.40. The van der Waals surface area contributed by atoms with Crippen molar-refractivity contribution < 1.29 is 8.42 Å². The van der Waals surface area contributed by atoms with Gasteiger partial charge in [0.1, 0.15) is 0 Å². The fourth-order valence-electron chi connectivity index (χ4n) is 3.42. The van der Waals surface area contributed by atoms with E-state index in [1.54, 1.807) is 36.7 Å². The highest BCUT2D eigenvalue weighted by molar-refractivity contribution is 7.89. The lowest BCUT2D eigenvalue weighted by Crippen LogP contribution is -2.27. The first kappa shape index (κ1) is 19.5. The SMILES string of the molecule is Cc1ccc(S(=O)(=O)N2N=C(C(C)(C)C)CC2c2ccc3nccnc3c2)cc1. The lowest BCUT2D eigenvalue weighted by molar-refractivity contribution is 0.371. The molecular formula is C22H24N4O2S. The van der Waals surface area contributed by atoms with Crippen molar-refractivity contribution in [3.63, 3.8) is 0 Å². The van der Waals surface area contributed by atoms with E-state index in [0.29, 0.717) is 6.42 Å². The number of rotatable bonds is 3. The molecule has 6 nitrogen and oxygen atoms in total. The van der Waals surface area contributed by atoms with Crippen LogP contribution in [0.1, 0.15) is 44.4 Å². The standard InChI is InChI=1S/C22H24N4O2S/c1-15-5-8-17(9-6-15)29(27,28)26-20(14-21(25-26)22(2,3)4)16-7-10-18-19(13-16)24-12-11-23-18/h5-13,20H,14H2,1-4H3. The van der Waals surface area contributed by atoms with Gasteiger partial charge in [0.15, 0.2) is 0 Å². The van der Waals surface area contributed by atoms with E-state index in [-0.39, 0.29) is 10.3 Å². The van der Waals surface area contributed by atoms with Gasteiger partial charge >= 0.3 is 0 Å². The molecule has 0 saturated carbocycles. The maximum Gasteiger partial charge on any atom is 0.279 e. The Hall–Kier alpha value is -2.80. The van der Waals surface area contributed by atoms with Crippen LogP contribution in [-0.4, -0.2) is 28.5 Å². The Balaban J connectivity index is 1.82. The summed E-state index contributed by atoms with van der Waals surface area (Å²) in [6, 6.07) is 12.2. The van der Waals surface area contributed by atoms with Crippen LogP contribution >= 0.6 is 0 Å². The van der Waals surface area contributed by atoms with E-state index in [0.717, 1.165) is 27.9 Å². The molecule has 150 valence electrons. The van der Waals surface area contributed by atoms with Crippen molar-refractivity contribution in [3.8, 4) is 0 Å². The number of aromatic nitrogens is 2. The van der Waals surface area contributed by atoms with E-state index in [4.69, 9.17) is 0 Å². The molecule has 1 atom stereocenters.